The number of pyridine rings is 1. The number of aromatic amines is 1. The Morgan fingerprint density at radius 2 is 1.67 bits per heavy atom. The van der Waals surface area contributed by atoms with Gasteiger partial charge < -0.3 is 22.1 Å². The third-order valence-corrected chi connectivity index (χ3v) is 9.45. The first-order valence-corrected chi connectivity index (χ1v) is 16.6. The zero-order valence-electron chi connectivity index (χ0n) is 27.5. The molecule has 49 heavy (non-hydrogen) atoms. The number of tetrazole rings is 1. The van der Waals surface area contributed by atoms with E-state index in [0.717, 1.165) is 54.7 Å². The number of imide groups is 1. The minimum Gasteiger partial charge on any atom is -0.347 e. The van der Waals surface area contributed by atoms with Crippen LogP contribution in [0.5, 0.6) is 0 Å². The van der Waals surface area contributed by atoms with Crippen molar-refractivity contribution in [2.75, 3.05) is 24.5 Å². The molecule has 0 spiro atoms. The van der Waals surface area contributed by atoms with E-state index in [0.29, 0.717) is 48.1 Å². The van der Waals surface area contributed by atoms with Crippen LogP contribution in [0.4, 0.5) is 5.69 Å². The van der Waals surface area contributed by atoms with Crippen molar-refractivity contribution in [3.63, 3.8) is 0 Å². The number of anilines is 1. The summed E-state index contributed by atoms with van der Waals surface area (Å²) in [4.78, 5) is 46.4. The fourth-order valence-electron chi connectivity index (χ4n) is 6.59. The molecule has 258 valence electrons. The Bertz CT molecular complexity index is 1720. The number of nitrogens with two attached hydrogens (primary N) is 2. The summed E-state index contributed by atoms with van der Waals surface area (Å²) in [7, 11) is 0. The Balaban J connectivity index is 0.00000468. The first-order chi connectivity index (χ1) is 23.3. The van der Waals surface area contributed by atoms with Gasteiger partial charge in [-0.05, 0) is 111 Å². The Kier molecular flexibility index (Phi) is 11.8. The highest BCUT2D eigenvalue weighted by Crippen LogP contribution is 2.32. The van der Waals surface area contributed by atoms with Crippen molar-refractivity contribution in [3.05, 3.63) is 77.6 Å². The Morgan fingerprint density at radius 3 is 2.29 bits per heavy atom. The average Bonchev–Trinajstić information content (AvgIpc) is 3.84. The summed E-state index contributed by atoms with van der Waals surface area (Å²) in [5.41, 5.74) is 17.4. The standard InChI is InChI=1S/C35H42N10O3.ClH/c1-21-29(14-15-31(39-21)33(46)40-27-16-17-38-20-27)24-6-2-22(3-7-24)18-30(37)35(48)45(34(47)26-8-4-23(19-36)5-9-26)28-12-10-25(11-13-28)32-41-43-44-42-32;/h2-3,6-7,10-15,23,26-27,30,38H,4-5,8-9,16-20,36-37H2,1H3,(H,40,46)(H,41,42,43,44);1H/t23-,26-,27-,30+;/m1./s1. The maximum Gasteiger partial charge on any atom is 0.270 e. The van der Waals surface area contributed by atoms with Gasteiger partial charge in [0.05, 0.1) is 11.7 Å². The number of hydrogen-bond acceptors (Lipinski definition) is 10. The van der Waals surface area contributed by atoms with Crippen molar-refractivity contribution in [2.45, 2.75) is 57.5 Å². The summed E-state index contributed by atoms with van der Waals surface area (Å²) in [6, 6.07) is 17.5. The summed E-state index contributed by atoms with van der Waals surface area (Å²) < 4.78 is 0. The van der Waals surface area contributed by atoms with E-state index in [4.69, 9.17) is 11.5 Å². The van der Waals surface area contributed by atoms with Gasteiger partial charge in [0, 0.05) is 35.3 Å². The van der Waals surface area contributed by atoms with Crippen LogP contribution < -0.4 is 27.0 Å². The molecular weight excluding hydrogens is 644 g/mol. The zero-order valence-corrected chi connectivity index (χ0v) is 28.3. The molecule has 6 rings (SSSR count). The van der Waals surface area contributed by atoms with Crippen LogP contribution in [0.25, 0.3) is 22.5 Å². The number of aryl methyl sites for hydroxylation is 1. The molecule has 3 amide bonds. The monoisotopic (exact) mass is 686 g/mol. The highest BCUT2D eigenvalue weighted by molar-refractivity contribution is 6.17. The van der Waals surface area contributed by atoms with E-state index in [1.165, 1.54) is 4.90 Å². The molecule has 1 aliphatic heterocycles. The van der Waals surface area contributed by atoms with E-state index in [1.807, 2.05) is 37.3 Å². The second kappa shape index (κ2) is 16.2. The Morgan fingerprint density at radius 1 is 0.959 bits per heavy atom. The number of hydrogen-bond donors (Lipinski definition) is 5. The molecule has 2 atom stereocenters. The van der Waals surface area contributed by atoms with Crippen molar-refractivity contribution in [1.82, 2.24) is 36.2 Å². The van der Waals surface area contributed by atoms with Gasteiger partial charge in [0.15, 0.2) is 0 Å². The fraction of sp³-hybridized carbons (Fsp3) is 0.400. The predicted octanol–water partition coefficient (Wildman–Crippen LogP) is 2.95. The van der Waals surface area contributed by atoms with Crippen molar-refractivity contribution in [1.29, 1.82) is 0 Å². The largest absolute Gasteiger partial charge is 0.347 e. The highest BCUT2D eigenvalue weighted by Gasteiger charge is 2.35. The van der Waals surface area contributed by atoms with Crippen LogP contribution in [0.3, 0.4) is 0 Å². The molecule has 13 nitrogen and oxygen atoms in total. The summed E-state index contributed by atoms with van der Waals surface area (Å²) in [6.07, 6.45) is 4.22. The van der Waals surface area contributed by atoms with Crippen LogP contribution in [0, 0.1) is 18.8 Å². The first-order valence-electron chi connectivity index (χ1n) is 16.6. The number of H-pyrrole nitrogens is 1. The summed E-state index contributed by atoms with van der Waals surface area (Å²) in [6.45, 7) is 4.15. The van der Waals surface area contributed by atoms with E-state index >= 15 is 0 Å². The lowest BCUT2D eigenvalue weighted by atomic mass is 9.81. The second-order valence-corrected chi connectivity index (χ2v) is 12.7. The number of nitrogens with one attached hydrogen (secondary N) is 3. The van der Waals surface area contributed by atoms with Crippen LogP contribution in [-0.2, 0) is 16.0 Å². The van der Waals surface area contributed by atoms with E-state index in [9.17, 15) is 14.4 Å². The number of benzene rings is 2. The maximum atomic E-state index is 14.0. The third-order valence-electron chi connectivity index (χ3n) is 9.45. The normalized spacial score (nSPS) is 19.4. The molecule has 3 heterocycles. The Labute approximate surface area is 291 Å². The topological polar surface area (TPSA) is 198 Å². The molecule has 2 aliphatic rings. The molecule has 1 aliphatic carbocycles. The number of rotatable bonds is 10. The second-order valence-electron chi connectivity index (χ2n) is 12.7. The molecule has 14 heteroatoms. The number of nitrogens with zero attached hydrogens (tertiary/aromatic N) is 5. The molecule has 0 unspecified atom stereocenters. The van der Waals surface area contributed by atoms with Crippen molar-refractivity contribution in [3.8, 4) is 22.5 Å². The average molecular weight is 687 g/mol. The maximum absolute atomic E-state index is 14.0. The van der Waals surface area contributed by atoms with Gasteiger partial charge in [-0.15, -0.1) is 22.6 Å². The molecule has 0 radical (unpaired) electrons. The van der Waals surface area contributed by atoms with Crippen molar-refractivity contribution in [2.24, 2.45) is 23.3 Å². The summed E-state index contributed by atoms with van der Waals surface area (Å²) in [5, 5.41) is 20.3. The van der Waals surface area contributed by atoms with Gasteiger partial charge in [-0.25, -0.2) is 9.88 Å². The van der Waals surface area contributed by atoms with Crippen LogP contribution >= 0.6 is 12.4 Å². The van der Waals surface area contributed by atoms with E-state index in [1.54, 1.807) is 30.3 Å². The molecule has 2 aromatic carbocycles. The Hall–Kier alpha value is -4.56. The molecule has 1 saturated carbocycles. The molecule has 2 fully saturated rings. The molecule has 4 aromatic rings. The zero-order chi connectivity index (χ0) is 33.6. The fourth-order valence-corrected chi connectivity index (χ4v) is 6.59. The number of halogens is 1. The smallest absolute Gasteiger partial charge is 0.270 e. The molecule has 1 saturated heterocycles. The van der Waals surface area contributed by atoms with Gasteiger partial charge in [0.1, 0.15) is 5.69 Å². The van der Waals surface area contributed by atoms with Crippen molar-refractivity contribution < 1.29 is 14.4 Å². The number of carbonyl (C=O) groups is 3. The van der Waals surface area contributed by atoms with Gasteiger partial charge in [-0.1, -0.05) is 30.3 Å². The molecule has 7 N–H and O–H groups in total. The highest BCUT2D eigenvalue weighted by atomic mass is 35.5. The SMILES string of the molecule is Cc1nc(C(=O)N[C@@H]2CCNC2)ccc1-c1ccc(C[C@H](N)C(=O)N(c2ccc(-c3nn[nH]n3)cc2)C(=O)[C@H]2CC[C@H](CN)CC2)cc1.Cl. The van der Waals surface area contributed by atoms with E-state index in [2.05, 4.69) is 36.2 Å². The van der Waals surface area contributed by atoms with Crippen molar-refractivity contribution >= 4 is 35.8 Å². The van der Waals surface area contributed by atoms with Gasteiger partial charge >= 0.3 is 0 Å². The summed E-state index contributed by atoms with van der Waals surface area (Å²) in [5.74, 6) is -0.349. The minimum absolute atomic E-state index is 0. The third kappa shape index (κ3) is 8.36. The van der Waals surface area contributed by atoms with Gasteiger partial charge in [0.2, 0.25) is 11.7 Å². The number of aromatic nitrogens is 5. The van der Waals surface area contributed by atoms with Crippen LogP contribution in [0.15, 0.2) is 60.7 Å². The van der Waals surface area contributed by atoms with Crippen LogP contribution in [0.1, 0.15) is 53.8 Å². The minimum atomic E-state index is -0.951. The molecular formula is C35H43ClN10O3. The molecule has 2 aromatic heterocycles. The number of carbonyl (C=O) groups excluding carboxylic acids is 3. The molecule has 0 bridgehead atoms. The lowest BCUT2D eigenvalue weighted by Crippen LogP contribution is -2.50. The van der Waals surface area contributed by atoms with Gasteiger partial charge in [-0.2, -0.15) is 5.21 Å². The lowest BCUT2D eigenvalue weighted by Gasteiger charge is -2.32. The van der Waals surface area contributed by atoms with Gasteiger partial charge in [0.25, 0.3) is 11.8 Å². The quantitative estimate of drug-likeness (QED) is 0.165. The van der Waals surface area contributed by atoms with E-state index in [-0.39, 0.29) is 42.6 Å². The number of amides is 3. The predicted molar refractivity (Wildman–Crippen MR) is 189 cm³/mol. The van der Waals surface area contributed by atoms with Crippen LogP contribution in [-0.4, -0.2) is 75.0 Å². The van der Waals surface area contributed by atoms with Gasteiger partial charge in [-0.3, -0.25) is 14.4 Å². The first kappa shape index (κ1) is 35.7. The van der Waals surface area contributed by atoms with E-state index < -0.39 is 11.9 Å². The lowest BCUT2D eigenvalue weighted by molar-refractivity contribution is -0.130. The summed E-state index contributed by atoms with van der Waals surface area (Å²) >= 11 is 0. The van der Waals surface area contributed by atoms with Crippen LogP contribution in [0.2, 0.25) is 0 Å².